The van der Waals surface area contributed by atoms with Gasteiger partial charge in [-0.2, -0.15) is 5.10 Å². The number of carbonyl (C=O) groups is 1. The third-order valence-electron chi connectivity index (χ3n) is 4.51. The second-order valence-electron chi connectivity index (χ2n) is 6.55. The summed E-state index contributed by atoms with van der Waals surface area (Å²) in [4.78, 5) is 14.8. The Balaban J connectivity index is 1.88. The van der Waals surface area contributed by atoms with Gasteiger partial charge < -0.3 is 5.32 Å². The van der Waals surface area contributed by atoms with Gasteiger partial charge in [-0.3, -0.25) is 14.8 Å². The van der Waals surface area contributed by atoms with Crippen molar-refractivity contribution in [1.82, 2.24) is 20.4 Å². The highest BCUT2D eigenvalue weighted by Gasteiger charge is 2.34. The maximum atomic E-state index is 12.4. The molecule has 4 atom stereocenters. The fourth-order valence-corrected chi connectivity index (χ4v) is 3.42. The second-order valence-corrected chi connectivity index (χ2v) is 6.55. The summed E-state index contributed by atoms with van der Waals surface area (Å²) in [5.41, 5.74) is 2.05. The number of aryl methyl sites for hydroxylation is 1. The van der Waals surface area contributed by atoms with Gasteiger partial charge >= 0.3 is 0 Å². The molecule has 1 aliphatic heterocycles. The van der Waals surface area contributed by atoms with Crippen molar-refractivity contribution in [3.63, 3.8) is 0 Å². The van der Waals surface area contributed by atoms with Gasteiger partial charge in [-0.15, -0.1) is 0 Å². The highest BCUT2D eigenvalue weighted by molar-refractivity contribution is 5.81. The van der Waals surface area contributed by atoms with Gasteiger partial charge in [-0.05, 0) is 53.5 Å². The monoisotopic (exact) mass is 292 g/mol. The van der Waals surface area contributed by atoms with Gasteiger partial charge in [-0.1, -0.05) is 0 Å². The van der Waals surface area contributed by atoms with E-state index in [1.807, 2.05) is 26.8 Å². The summed E-state index contributed by atoms with van der Waals surface area (Å²) in [6.07, 6.45) is 3.12. The zero-order valence-corrected chi connectivity index (χ0v) is 13.8. The second kappa shape index (κ2) is 6.60. The zero-order valence-electron chi connectivity index (χ0n) is 13.8. The van der Waals surface area contributed by atoms with Crippen LogP contribution < -0.4 is 5.32 Å². The normalized spacial score (nSPS) is 25.8. The lowest BCUT2D eigenvalue weighted by atomic mass is 10.1. The lowest BCUT2D eigenvalue weighted by Crippen LogP contribution is -2.51. The molecule has 2 heterocycles. The molecule has 2 rings (SSSR count). The van der Waals surface area contributed by atoms with Crippen molar-refractivity contribution in [2.24, 2.45) is 0 Å². The fraction of sp³-hybridized carbons (Fsp3) is 0.750. The molecule has 1 aromatic rings. The predicted molar refractivity (Wildman–Crippen MR) is 84.1 cm³/mol. The van der Waals surface area contributed by atoms with E-state index in [9.17, 15) is 4.79 Å². The molecule has 0 spiro atoms. The maximum Gasteiger partial charge on any atom is 0.237 e. The lowest BCUT2D eigenvalue weighted by Gasteiger charge is -2.32. The van der Waals surface area contributed by atoms with Gasteiger partial charge in [0.25, 0.3) is 0 Å². The molecule has 0 unspecified atom stereocenters. The molecule has 2 N–H and O–H groups in total. The van der Waals surface area contributed by atoms with Crippen LogP contribution in [0.4, 0.5) is 0 Å². The van der Waals surface area contributed by atoms with Crippen LogP contribution in [-0.2, 0) is 11.2 Å². The van der Waals surface area contributed by atoms with Crippen LogP contribution in [0.25, 0.3) is 0 Å². The first-order chi connectivity index (χ1) is 9.88. The smallest absolute Gasteiger partial charge is 0.237 e. The number of hydrogen-bond donors (Lipinski definition) is 2. The van der Waals surface area contributed by atoms with Crippen LogP contribution in [0.1, 0.15) is 51.9 Å². The Bertz CT molecular complexity index is 474. The van der Waals surface area contributed by atoms with Crippen molar-refractivity contribution >= 4 is 5.91 Å². The van der Waals surface area contributed by atoms with Crippen LogP contribution in [0.15, 0.2) is 6.07 Å². The van der Waals surface area contributed by atoms with Crippen LogP contribution in [0.5, 0.6) is 0 Å². The van der Waals surface area contributed by atoms with E-state index in [2.05, 4.69) is 34.3 Å². The summed E-state index contributed by atoms with van der Waals surface area (Å²) in [7, 11) is 0. The van der Waals surface area contributed by atoms with Gasteiger partial charge in [0, 0.05) is 30.2 Å². The minimum atomic E-state index is -0.0686. The summed E-state index contributed by atoms with van der Waals surface area (Å²) in [5.74, 6) is 0.121. The zero-order chi connectivity index (χ0) is 15.6. The van der Waals surface area contributed by atoms with E-state index in [-0.39, 0.29) is 18.0 Å². The van der Waals surface area contributed by atoms with E-state index in [0.29, 0.717) is 12.1 Å². The molecule has 0 aliphatic carbocycles. The summed E-state index contributed by atoms with van der Waals surface area (Å²) in [6, 6.07) is 3.03. The van der Waals surface area contributed by atoms with Crippen LogP contribution in [-0.4, -0.2) is 45.2 Å². The third kappa shape index (κ3) is 3.84. The molecule has 0 saturated carbocycles. The van der Waals surface area contributed by atoms with Crippen molar-refractivity contribution in [3.8, 4) is 0 Å². The first-order valence-corrected chi connectivity index (χ1v) is 7.97. The molecule has 1 fully saturated rings. The quantitative estimate of drug-likeness (QED) is 0.873. The molecule has 0 radical (unpaired) electrons. The first kappa shape index (κ1) is 16.0. The fourth-order valence-electron chi connectivity index (χ4n) is 3.42. The Hall–Kier alpha value is -1.36. The van der Waals surface area contributed by atoms with E-state index < -0.39 is 0 Å². The van der Waals surface area contributed by atoms with E-state index in [1.54, 1.807) is 0 Å². The van der Waals surface area contributed by atoms with Crippen LogP contribution in [0, 0.1) is 6.92 Å². The van der Waals surface area contributed by atoms with Gasteiger partial charge in [0.2, 0.25) is 5.91 Å². The molecule has 21 heavy (non-hydrogen) atoms. The Morgan fingerprint density at radius 3 is 2.57 bits per heavy atom. The van der Waals surface area contributed by atoms with E-state index >= 15 is 0 Å². The molecule has 0 bridgehead atoms. The maximum absolute atomic E-state index is 12.4. The van der Waals surface area contributed by atoms with Crippen molar-refractivity contribution in [1.29, 1.82) is 0 Å². The van der Waals surface area contributed by atoms with E-state index in [1.165, 1.54) is 12.8 Å². The Morgan fingerprint density at radius 2 is 2.05 bits per heavy atom. The minimum Gasteiger partial charge on any atom is -0.352 e. The third-order valence-corrected chi connectivity index (χ3v) is 4.51. The number of aromatic amines is 1. The minimum absolute atomic E-state index is 0.0686. The van der Waals surface area contributed by atoms with Gasteiger partial charge in [0.05, 0.1) is 11.7 Å². The van der Waals surface area contributed by atoms with Crippen LogP contribution in [0.2, 0.25) is 0 Å². The topological polar surface area (TPSA) is 61.0 Å². The van der Waals surface area contributed by atoms with Crippen molar-refractivity contribution in [2.45, 2.75) is 78.0 Å². The first-order valence-electron chi connectivity index (χ1n) is 7.97. The molecule has 5 nitrogen and oxygen atoms in total. The highest BCUT2D eigenvalue weighted by atomic mass is 16.2. The molecule has 0 aromatic carbocycles. The number of nitrogens with one attached hydrogen (secondary N) is 2. The molecule has 5 heteroatoms. The number of likely N-dealkylation sites (tertiary alicyclic amines) is 1. The molecular weight excluding hydrogens is 264 g/mol. The van der Waals surface area contributed by atoms with Crippen LogP contribution in [0.3, 0.4) is 0 Å². The Labute approximate surface area is 127 Å². The van der Waals surface area contributed by atoms with Crippen LogP contribution >= 0.6 is 0 Å². The summed E-state index contributed by atoms with van der Waals surface area (Å²) in [5, 5.41) is 10.3. The predicted octanol–water partition coefficient (Wildman–Crippen LogP) is 2.03. The number of H-pyrrole nitrogens is 1. The lowest BCUT2D eigenvalue weighted by molar-refractivity contribution is -0.127. The molecule has 1 aromatic heterocycles. The summed E-state index contributed by atoms with van der Waals surface area (Å²) >= 11 is 0. The molecule has 1 amide bonds. The standard InChI is InChI=1S/C16H28N4O/c1-10(8-15-9-11(2)18-19-15)17-16(21)14(5)20-12(3)6-7-13(20)4/h9-10,12-14H,6-8H2,1-5H3,(H,17,21)(H,18,19)/t10-,12-,13-,14-/m0/s1. The molecule has 1 aliphatic rings. The SMILES string of the molecule is Cc1cc(C[C@H](C)NC(=O)[C@H](C)N2[C@@H](C)CC[C@@H]2C)n[nH]1. The highest BCUT2D eigenvalue weighted by Crippen LogP contribution is 2.25. The summed E-state index contributed by atoms with van der Waals surface area (Å²) < 4.78 is 0. The molecular formula is C16H28N4O. The molecule has 1 saturated heterocycles. The Morgan fingerprint density at radius 1 is 1.43 bits per heavy atom. The van der Waals surface area contributed by atoms with Crippen molar-refractivity contribution in [3.05, 3.63) is 17.5 Å². The van der Waals surface area contributed by atoms with E-state index in [4.69, 9.17) is 0 Å². The Kier molecular flexibility index (Phi) is 5.04. The summed E-state index contributed by atoms with van der Waals surface area (Å²) in [6.45, 7) is 10.5. The number of aromatic nitrogens is 2. The number of carbonyl (C=O) groups excluding carboxylic acids is 1. The number of rotatable bonds is 5. The average molecular weight is 292 g/mol. The van der Waals surface area contributed by atoms with Crippen molar-refractivity contribution < 1.29 is 4.79 Å². The number of amides is 1. The van der Waals surface area contributed by atoms with Crippen molar-refractivity contribution in [2.75, 3.05) is 0 Å². The molecule has 118 valence electrons. The number of hydrogen-bond acceptors (Lipinski definition) is 3. The van der Waals surface area contributed by atoms with Gasteiger partial charge in [-0.25, -0.2) is 0 Å². The van der Waals surface area contributed by atoms with E-state index in [0.717, 1.165) is 17.8 Å². The van der Waals surface area contributed by atoms with Gasteiger partial charge in [0.1, 0.15) is 0 Å². The number of nitrogens with zero attached hydrogens (tertiary/aromatic N) is 2. The largest absolute Gasteiger partial charge is 0.352 e. The van der Waals surface area contributed by atoms with Gasteiger partial charge in [0.15, 0.2) is 0 Å². The average Bonchev–Trinajstić information content (AvgIpc) is 2.95.